The van der Waals surface area contributed by atoms with Crippen LogP contribution in [0, 0.1) is 11.5 Å². The summed E-state index contributed by atoms with van der Waals surface area (Å²) in [4.78, 5) is 16.7. The van der Waals surface area contributed by atoms with Crippen LogP contribution in [-0.2, 0) is 5.41 Å². The Hall–Kier alpha value is -3.57. The Morgan fingerprint density at radius 2 is 1.85 bits per heavy atom. The topological polar surface area (TPSA) is 119 Å². The Kier molecular flexibility index (Phi) is 8.67. The molecule has 0 unspecified atom stereocenters. The van der Waals surface area contributed by atoms with Crippen LogP contribution in [0.4, 0.5) is 0 Å². The number of carbonyl (C=O) groups is 1. The summed E-state index contributed by atoms with van der Waals surface area (Å²) in [7, 11) is 1.56. The number of para-hydroxylation sites is 1. The maximum atomic E-state index is 12.9. The van der Waals surface area contributed by atoms with Gasteiger partial charge in [-0.05, 0) is 43.4 Å². The summed E-state index contributed by atoms with van der Waals surface area (Å²) in [6.45, 7) is 0.797. The van der Waals surface area contributed by atoms with E-state index < -0.39 is 0 Å². The summed E-state index contributed by atoms with van der Waals surface area (Å²) in [5, 5.41) is 27.3. The molecule has 0 aromatic heterocycles. The van der Waals surface area contributed by atoms with Crippen molar-refractivity contribution in [1.82, 2.24) is 16.0 Å². The first-order valence-corrected chi connectivity index (χ1v) is 11.2. The molecule has 1 aliphatic carbocycles. The van der Waals surface area contributed by atoms with E-state index in [-0.39, 0.29) is 24.0 Å². The van der Waals surface area contributed by atoms with E-state index in [0.29, 0.717) is 30.4 Å². The Morgan fingerprint density at radius 3 is 2.52 bits per heavy atom. The molecule has 3 rings (SSSR count). The van der Waals surface area contributed by atoms with Gasteiger partial charge in [0.15, 0.2) is 0 Å². The number of methoxy groups -OCH3 is 1. The van der Waals surface area contributed by atoms with E-state index in [4.69, 9.17) is 15.1 Å². The van der Waals surface area contributed by atoms with Crippen LogP contribution in [0.5, 0.6) is 5.75 Å². The van der Waals surface area contributed by atoms with Crippen molar-refractivity contribution in [3.8, 4) is 11.9 Å². The lowest BCUT2D eigenvalue weighted by molar-refractivity contribution is 0.0932. The molecule has 0 spiro atoms. The molecule has 174 valence electrons. The van der Waals surface area contributed by atoms with Gasteiger partial charge in [-0.15, -0.1) is 4.99 Å². The van der Waals surface area contributed by atoms with Gasteiger partial charge in [-0.25, -0.2) is 0 Å². The molecular weight excluding hydrogens is 418 g/mol. The Balaban J connectivity index is 1.71. The molecule has 0 aliphatic heterocycles. The minimum Gasteiger partial charge on any atom is -0.496 e. The highest BCUT2D eigenvalue weighted by Crippen LogP contribution is 2.39. The number of aliphatic hydroxyl groups is 1. The third-order valence-corrected chi connectivity index (χ3v) is 6.17. The number of nitrogens with zero attached hydrogens (tertiary/aromatic N) is 2. The lowest BCUT2D eigenvalue weighted by atomic mass is 9.68. The fraction of sp³-hybridized carbons (Fsp3) is 0.400. The van der Waals surface area contributed by atoms with Gasteiger partial charge in [-0.1, -0.05) is 42.5 Å². The van der Waals surface area contributed by atoms with E-state index in [0.717, 1.165) is 25.7 Å². The van der Waals surface area contributed by atoms with Crippen LogP contribution in [0.2, 0.25) is 0 Å². The second-order valence-corrected chi connectivity index (χ2v) is 8.16. The average Bonchev–Trinajstić information content (AvgIpc) is 2.87. The maximum Gasteiger partial charge on any atom is 0.255 e. The predicted molar refractivity (Wildman–Crippen MR) is 127 cm³/mol. The van der Waals surface area contributed by atoms with Gasteiger partial charge in [0, 0.05) is 24.5 Å². The number of nitrogens with one attached hydrogen (secondary N) is 3. The van der Waals surface area contributed by atoms with Crippen molar-refractivity contribution in [1.29, 1.82) is 5.26 Å². The van der Waals surface area contributed by atoms with Crippen molar-refractivity contribution in [3.63, 3.8) is 0 Å². The van der Waals surface area contributed by atoms with E-state index >= 15 is 0 Å². The number of aliphatic hydroxyl groups excluding tert-OH is 1. The average molecular weight is 450 g/mol. The summed E-state index contributed by atoms with van der Waals surface area (Å²) >= 11 is 0. The largest absolute Gasteiger partial charge is 0.496 e. The molecule has 8 heteroatoms. The van der Waals surface area contributed by atoms with E-state index in [1.54, 1.807) is 25.4 Å². The highest BCUT2D eigenvalue weighted by molar-refractivity contribution is 5.97. The number of aliphatic imine (C=N–C) groups is 1. The lowest BCUT2D eigenvalue weighted by Gasteiger charge is -2.41. The second-order valence-electron chi connectivity index (χ2n) is 8.16. The fourth-order valence-electron chi connectivity index (χ4n) is 4.39. The van der Waals surface area contributed by atoms with E-state index in [1.807, 2.05) is 30.3 Å². The van der Waals surface area contributed by atoms with Crippen molar-refractivity contribution in [2.75, 3.05) is 26.8 Å². The SMILES string of the molecule is COc1ccccc1C(=O)NCC1(c2ccccc2)CCC(N/C(=N/C#N)NCCO)CC1. The van der Waals surface area contributed by atoms with Crippen LogP contribution in [-0.4, -0.2) is 49.8 Å². The summed E-state index contributed by atoms with van der Waals surface area (Å²) in [6.07, 6.45) is 5.22. The molecule has 1 saturated carbocycles. The molecule has 8 nitrogen and oxygen atoms in total. The highest BCUT2D eigenvalue weighted by Gasteiger charge is 2.37. The fourth-order valence-corrected chi connectivity index (χ4v) is 4.39. The first kappa shape index (κ1) is 24.1. The van der Waals surface area contributed by atoms with Gasteiger partial charge in [-0.3, -0.25) is 4.79 Å². The zero-order valence-electron chi connectivity index (χ0n) is 18.9. The number of nitriles is 1. The van der Waals surface area contributed by atoms with Crippen LogP contribution in [0.3, 0.4) is 0 Å². The van der Waals surface area contributed by atoms with Crippen molar-refractivity contribution < 1.29 is 14.6 Å². The number of ether oxygens (including phenoxy) is 1. The summed E-state index contributed by atoms with van der Waals surface area (Å²) in [5.41, 5.74) is 1.53. The summed E-state index contributed by atoms with van der Waals surface area (Å²) in [5.74, 6) is 0.782. The molecule has 2 aromatic carbocycles. The molecule has 0 atom stereocenters. The zero-order chi connectivity index (χ0) is 23.5. The number of amides is 1. The summed E-state index contributed by atoms with van der Waals surface area (Å²) < 4.78 is 5.34. The number of carbonyl (C=O) groups excluding carboxylic acids is 1. The Morgan fingerprint density at radius 1 is 1.15 bits per heavy atom. The highest BCUT2D eigenvalue weighted by atomic mass is 16.5. The van der Waals surface area contributed by atoms with Gasteiger partial charge in [0.1, 0.15) is 5.75 Å². The van der Waals surface area contributed by atoms with Crippen LogP contribution in [0.1, 0.15) is 41.6 Å². The smallest absolute Gasteiger partial charge is 0.255 e. The van der Waals surface area contributed by atoms with Gasteiger partial charge in [-0.2, -0.15) is 5.26 Å². The molecule has 1 aliphatic rings. The molecule has 0 saturated heterocycles. The van der Waals surface area contributed by atoms with Gasteiger partial charge >= 0.3 is 0 Å². The van der Waals surface area contributed by atoms with Gasteiger partial charge in [0.05, 0.1) is 19.3 Å². The minimum atomic E-state index is -0.192. The number of rotatable bonds is 8. The van der Waals surface area contributed by atoms with Crippen LogP contribution >= 0.6 is 0 Å². The van der Waals surface area contributed by atoms with Gasteiger partial charge in [0.2, 0.25) is 12.2 Å². The van der Waals surface area contributed by atoms with Crippen molar-refractivity contribution in [3.05, 3.63) is 65.7 Å². The number of hydrogen-bond donors (Lipinski definition) is 4. The third kappa shape index (κ3) is 6.24. The number of hydrogen-bond acceptors (Lipinski definition) is 5. The molecule has 1 fully saturated rings. The molecule has 33 heavy (non-hydrogen) atoms. The quantitative estimate of drug-likeness (QED) is 0.279. The second kappa shape index (κ2) is 11.9. The number of benzene rings is 2. The molecule has 4 N–H and O–H groups in total. The van der Waals surface area contributed by atoms with Crippen LogP contribution in [0.15, 0.2) is 59.6 Å². The zero-order valence-corrected chi connectivity index (χ0v) is 18.9. The van der Waals surface area contributed by atoms with Crippen molar-refractivity contribution >= 4 is 11.9 Å². The van der Waals surface area contributed by atoms with E-state index in [1.165, 1.54) is 5.56 Å². The maximum absolute atomic E-state index is 12.9. The Bertz CT molecular complexity index is 979. The van der Waals surface area contributed by atoms with Gasteiger partial charge in [0.25, 0.3) is 5.91 Å². The summed E-state index contributed by atoms with van der Waals surface area (Å²) in [6, 6.07) is 17.6. The van der Waals surface area contributed by atoms with E-state index in [2.05, 4.69) is 33.1 Å². The Labute approximate surface area is 194 Å². The van der Waals surface area contributed by atoms with Crippen molar-refractivity contribution in [2.45, 2.75) is 37.1 Å². The van der Waals surface area contributed by atoms with E-state index in [9.17, 15) is 4.79 Å². The molecule has 2 aromatic rings. The third-order valence-electron chi connectivity index (χ3n) is 6.17. The molecule has 0 heterocycles. The van der Waals surface area contributed by atoms with Gasteiger partial charge < -0.3 is 25.8 Å². The first-order valence-electron chi connectivity index (χ1n) is 11.2. The van der Waals surface area contributed by atoms with Crippen LogP contribution in [0.25, 0.3) is 0 Å². The lowest BCUT2D eigenvalue weighted by Crippen LogP contribution is -2.50. The molecule has 0 radical (unpaired) electrons. The normalized spacial score (nSPS) is 20.4. The first-order chi connectivity index (χ1) is 16.1. The molecular formula is C25H31N5O3. The minimum absolute atomic E-state index is 0.0419. The monoisotopic (exact) mass is 449 g/mol. The molecule has 0 bridgehead atoms. The van der Waals surface area contributed by atoms with Crippen molar-refractivity contribution in [2.24, 2.45) is 4.99 Å². The number of guanidine groups is 1. The van der Waals surface area contributed by atoms with Crippen LogP contribution < -0.4 is 20.7 Å². The standard InChI is InChI=1S/C25H31N5O3/c1-33-22-10-6-5-9-21(22)23(32)28-17-25(19-7-3-2-4-8-19)13-11-20(12-14-25)30-24(29-18-26)27-15-16-31/h2-10,20,31H,11-17H2,1H3,(H,28,32)(H2,27,29,30). The predicted octanol–water partition coefficient (Wildman–Crippen LogP) is 2.31. The molecule has 1 amide bonds.